The highest BCUT2D eigenvalue weighted by Gasteiger charge is 2.37. The zero-order chi connectivity index (χ0) is 27.0. The van der Waals surface area contributed by atoms with Gasteiger partial charge in [-0.2, -0.15) is 5.26 Å². The van der Waals surface area contributed by atoms with Crippen molar-refractivity contribution in [3.8, 4) is 17.8 Å². The molecule has 192 valence electrons. The lowest BCUT2D eigenvalue weighted by Crippen LogP contribution is -2.51. The summed E-state index contributed by atoms with van der Waals surface area (Å²) >= 11 is 6.36. The number of carbonyl (C=O) groups is 2. The molecule has 3 heterocycles. The zero-order valence-corrected chi connectivity index (χ0v) is 21.9. The van der Waals surface area contributed by atoms with Crippen LogP contribution in [0.5, 0.6) is 5.88 Å². The third-order valence-corrected chi connectivity index (χ3v) is 5.76. The molecule has 0 bridgehead atoms. The Morgan fingerprint density at radius 3 is 2.57 bits per heavy atom. The molecule has 1 aromatic carbocycles. The standard InChI is InChI=1S/C26H27ClN6O4/c1-15-9-16(12-28)10-17(23(34)31-25(2,3)4)21(15)30-24(35)19-11-20(37-26(5)13-36-14-26)32-33(19)22-18(27)7-6-8-29-22/h6-11H,13-14H2,1-5H3,(H,30,35)(H,31,34). The molecule has 0 aliphatic carbocycles. The van der Waals surface area contributed by atoms with E-state index >= 15 is 0 Å². The number of amides is 2. The summed E-state index contributed by atoms with van der Waals surface area (Å²) in [5, 5.41) is 19.9. The number of hydrogen-bond donors (Lipinski definition) is 2. The molecule has 1 aliphatic heterocycles. The van der Waals surface area contributed by atoms with Crippen LogP contribution in [-0.2, 0) is 4.74 Å². The van der Waals surface area contributed by atoms with Gasteiger partial charge in [0.25, 0.3) is 11.8 Å². The van der Waals surface area contributed by atoms with Crippen molar-refractivity contribution >= 4 is 29.1 Å². The summed E-state index contributed by atoms with van der Waals surface area (Å²) in [6.45, 7) is 9.90. The maximum atomic E-state index is 13.6. The molecule has 3 aromatic rings. The number of carbonyl (C=O) groups excluding carboxylic acids is 2. The van der Waals surface area contributed by atoms with Crippen molar-refractivity contribution in [2.24, 2.45) is 0 Å². The molecule has 0 atom stereocenters. The smallest absolute Gasteiger partial charge is 0.274 e. The van der Waals surface area contributed by atoms with Crippen LogP contribution in [0.25, 0.3) is 5.82 Å². The van der Waals surface area contributed by atoms with Gasteiger partial charge in [0.1, 0.15) is 5.69 Å². The van der Waals surface area contributed by atoms with E-state index < -0.39 is 23.0 Å². The van der Waals surface area contributed by atoms with Crippen molar-refractivity contribution in [1.29, 1.82) is 5.26 Å². The van der Waals surface area contributed by atoms with E-state index in [1.807, 2.05) is 27.7 Å². The number of nitriles is 1. The quantitative estimate of drug-likeness (QED) is 0.499. The average molecular weight is 523 g/mol. The number of benzene rings is 1. The van der Waals surface area contributed by atoms with E-state index in [0.29, 0.717) is 24.3 Å². The summed E-state index contributed by atoms with van der Waals surface area (Å²) in [5.41, 5.74) is 0.269. The third kappa shape index (κ3) is 5.74. The monoisotopic (exact) mass is 522 g/mol. The van der Waals surface area contributed by atoms with E-state index in [1.165, 1.54) is 23.0 Å². The second kappa shape index (κ2) is 9.84. The molecule has 1 fully saturated rings. The van der Waals surface area contributed by atoms with Gasteiger partial charge >= 0.3 is 0 Å². The van der Waals surface area contributed by atoms with Crippen LogP contribution >= 0.6 is 11.6 Å². The number of rotatable bonds is 6. The zero-order valence-electron chi connectivity index (χ0n) is 21.2. The summed E-state index contributed by atoms with van der Waals surface area (Å²) in [6.07, 6.45) is 1.53. The minimum atomic E-state index is -0.573. The van der Waals surface area contributed by atoms with Gasteiger partial charge in [0.2, 0.25) is 5.88 Å². The summed E-state index contributed by atoms with van der Waals surface area (Å²) in [6, 6.07) is 9.88. The van der Waals surface area contributed by atoms with E-state index in [0.717, 1.165) is 0 Å². The first-order valence-corrected chi connectivity index (χ1v) is 11.9. The molecular weight excluding hydrogens is 496 g/mol. The number of aryl methyl sites for hydroxylation is 1. The van der Waals surface area contributed by atoms with Gasteiger partial charge in [0, 0.05) is 17.8 Å². The van der Waals surface area contributed by atoms with Gasteiger partial charge in [-0.3, -0.25) is 9.59 Å². The van der Waals surface area contributed by atoms with E-state index in [4.69, 9.17) is 21.1 Å². The lowest BCUT2D eigenvalue weighted by Gasteiger charge is -2.37. The molecule has 0 radical (unpaired) electrons. The lowest BCUT2D eigenvalue weighted by atomic mass is 10.0. The van der Waals surface area contributed by atoms with Gasteiger partial charge in [-0.05, 0) is 64.4 Å². The van der Waals surface area contributed by atoms with E-state index in [2.05, 4.69) is 26.8 Å². The summed E-state index contributed by atoms with van der Waals surface area (Å²) < 4.78 is 12.5. The largest absolute Gasteiger partial charge is 0.465 e. The van der Waals surface area contributed by atoms with Crippen molar-refractivity contribution in [3.63, 3.8) is 0 Å². The van der Waals surface area contributed by atoms with Gasteiger partial charge in [0.15, 0.2) is 11.4 Å². The molecule has 1 aliphatic rings. The second-order valence-electron chi connectivity index (χ2n) is 10.1. The minimum absolute atomic E-state index is 0.0883. The SMILES string of the molecule is Cc1cc(C#N)cc(C(=O)NC(C)(C)C)c1NC(=O)c1cc(OC2(C)COC2)nn1-c1ncccc1Cl. The summed E-state index contributed by atoms with van der Waals surface area (Å²) in [4.78, 5) is 31.0. The Morgan fingerprint density at radius 1 is 1.24 bits per heavy atom. The number of nitrogens with one attached hydrogen (secondary N) is 2. The van der Waals surface area contributed by atoms with Gasteiger partial charge in [0.05, 0.1) is 41.1 Å². The molecular formula is C26H27ClN6O4. The number of pyridine rings is 1. The molecule has 1 saturated heterocycles. The molecule has 37 heavy (non-hydrogen) atoms. The van der Waals surface area contributed by atoms with Crippen LogP contribution in [0.2, 0.25) is 5.02 Å². The number of anilines is 1. The van der Waals surface area contributed by atoms with Crippen LogP contribution in [-0.4, -0.2) is 50.9 Å². The van der Waals surface area contributed by atoms with Crippen molar-refractivity contribution in [3.05, 3.63) is 63.9 Å². The highest BCUT2D eigenvalue weighted by Crippen LogP contribution is 2.29. The normalized spacial score (nSPS) is 14.3. The van der Waals surface area contributed by atoms with E-state index in [1.54, 1.807) is 25.1 Å². The fourth-order valence-electron chi connectivity index (χ4n) is 3.75. The molecule has 2 N–H and O–H groups in total. The van der Waals surface area contributed by atoms with Gasteiger partial charge in [-0.15, -0.1) is 5.10 Å². The number of hydrogen-bond acceptors (Lipinski definition) is 7. The Hall–Kier alpha value is -3.94. The van der Waals surface area contributed by atoms with Gasteiger partial charge in [-0.1, -0.05) is 11.6 Å². The summed E-state index contributed by atoms with van der Waals surface area (Å²) in [7, 11) is 0. The van der Waals surface area contributed by atoms with Crippen LogP contribution < -0.4 is 15.4 Å². The summed E-state index contributed by atoms with van der Waals surface area (Å²) in [5.74, 6) is -0.566. The number of halogens is 1. The van der Waals surface area contributed by atoms with E-state index in [-0.39, 0.29) is 33.7 Å². The maximum absolute atomic E-state index is 13.6. The second-order valence-corrected chi connectivity index (χ2v) is 10.5. The van der Waals surface area contributed by atoms with Gasteiger partial charge in [-0.25, -0.2) is 9.67 Å². The lowest BCUT2D eigenvalue weighted by molar-refractivity contribution is -0.151. The van der Waals surface area contributed by atoms with Crippen molar-refractivity contribution in [2.75, 3.05) is 18.5 Å². The predicted molar refractivity (Wildman–Crippen MR) is 137 cm³/mol. The number of nitrogens with zero attached hydrogens (tertiary/aromatic N) is 4. The highest BCUT2D eigenvalue weighted by molar-refractivity contribution is 6.32. The van der Waals surface area contributed by atoms with Crippen LogP contribution in [0.1, 0.15) is 59.7 Å². The average Bonchev–Trinajstić information content (AvgIpc) is 3.21. The first-order chi connectivity index (χ1) is 17.4. The maximum Gasteiger partial charge on any atom is 0.274 e. The van der Waals surface area contributed by atoms with Crippen LogP contribution in [0, 0.1) is 18.3 Å². The van der Waals surface area contributed by atoms with Crippen LogP contribution in [0.3, 0.4) is 0 Å². The molecule has 2 amide bonds. The number of ether oxygens (including phenoxy) is 2. The molecule has 2 aromatic heterocycles. The first kappa shape index (κ1) is 26.1. The Balaban J connectivity index is 1.76. The third-order valence-electron chi connectivity index (χ3n) is 5.46. The van der Waals surface area contributed by atoms with Crippen molar-refractivity contribution < 1.29 is 19.1 Å². The number of aromatic nitrogens is 3. The Morgan fingerprint density at radius 2 is 1.97 bits per heavy atom. The topological polar surface area (TPSA) is 131 Å². The van der Waals surface area contributed by atoms with Gasteiger partial charge < -0.3 is 20.1 Å². The fourth-order valence-corrected chi connectivity index (χ4v) is 3.95. The Kier molecular flexibility index (Phi) is 6.95. The minimum Gasteiger partial charge on any atom is -0.465 e. The van der Waals surface area contributed by atoms with Crippen LogP contribution in [0.15, 0.2) is 36.5 Å². The molecule has 10 nitrogen and oxygen atoms in total. The van der Waals surface area contributed by atoms with Crippen LogP contribution in [0.4, 0.5) is 5.69 Å². The first-order valence-electron chi connectivity index (χ1n) is 11.6. The molecule has 0 spiro atoms. The Bertz CT molecular complexity index is 1420. The molecule has 0 saturated carbocycles. The van der Waals surface area contributed by atoms with Crippen molar-refractivity contribution in [2.45, 2.75) is 45.8 Å². The Labute approximate surface area is 219 Å². The molecule has 4 rings (SSSR count). The molecule has 0 unspecified atom stereocenters. The molecule has 11 heteroatoms. The fraction of sp³-hybridized carbons (Fsp3) is 0.346. The highest BCUT2D eigenvalue weighted by atomic mass is 35.5. The van der Waals surface area contributed by atoms with Crippen molar-refractivity contribution in [1.82, 2.24) is 20.1 Å². The predicted octanol–water partition coefficient (Wildman–Crippen LogP) is 4.05. The van der Waals surface area contributed by atoms with E-state index in [9.17, 15) is 14.9 Å².